The van der Waals surface area contributed by atoms with Crippen molar-refractivity contribution < 1.29 is 14.4 Å². The Morgan fingerprint density at radius 3 is 1.81 bits per heavy atom. The number of aldehydes is 1. The Bertz CT molecular complexity index is 1450. The number of carbonyl (C=O) groups excluding carboxylic acids is 3. The highest BCUT2D eigenvalue weighted by molar-refractivity contribution is 6.02. The van der Waals surface area contributed by atoms with E-state index in [1.807, 2.05) is 72.5 Å². The average Bonchev–Trinajstić information content (AvgIpc) is 3.72. The van der Waals surface area contributed by atoms with Gasteiger partial charge in [0.1, 0.15) is 6.29 Å². The fraction of sp³-hybridized carbons (Fsp3) is 0.419. The predicted octanol–water partition coefficient (Wildman–Crippen LogP) is 9.61. The molecule has 2 aliphatic carbocycles. The molecule has 8 unspecified atom stereocenters. The van der Waals surface area contributed by atoms with Gasteiger partial charge in [0.2, 0.25) is 11.8 Å². The van der Waals surface area contributed by atoms with E-state index in [2.05, 4.69) is 65.8 Å². The third-order valence-electron chi connectivity index (χ3n) is 10.3. The number of anilines is 2. The Hall–Kier alpha value is -4.25. The number of hydrogen-bond acceptors (Lipinski definition) is 3. The van der Waals surface area contributed by atoms with Crippen molar-refractivity contribution in [2.75, 3.05) is 16.8 Å². The number of hydrogen-bond donors (Lipinski definition) is 0. The molecule has 3 fully saturated rings. The number of amides is 2. The second kappa shape index (κ2) is 17.8. The Morgan fingerprint density at radius 1 is 0.833 bits per heavy atom. The first-order valence-electron chi connectivity index (χ1n) is 17.4. The van der Waals surface area contributed by atoms with Gasteiger partial charge in [-0.2, -0.15) is 0 Å². The molecule has 0 aromatic heterocycles. The van der Waals surface area contributed by atoms with Crippen LogP contribution < -0.4 is 9.80 Å². The van der Waals surface area contributed by atoms with Crippen LogP contribution in [-0.2, 0) is 20.8 Å². The third kappa shape index (κ3) is 8.24. The van der Waals surface area contributed by atoms with Crippen LogP contribution in [0.15, 0.2) is 111 Å². The van der Waals surface area contributed by atoms with Crippen molar-refractivity contribution in [3.8, 4) is 0 Å². The summed E-state index contributed by atoms with van der Waals surface area (Å²) in [5, 5.41) is 0. The van der Waals surface area contributed by atoms with E-state index >= 15 is 0 Å². The fourth-order valence-electron chi connectivity index (χ4n) is 7.58. The number of allylic oxidation sites excluding steroid dienone is 5. The van der Waals surface area contributed by atoms with Crippen molar-refractivity contribution in [3.05, 3.63) is 123 Å². The number of fused-ring (bicyclic) bond motifs is 1. The summed E-state index contributed by atoms with van der Waals surface area (Å²) >= 11 is 0. The summed E-state index contributed by atoms with van der Waals surface area (Å²) < 4.78 is 0. The molecule has 2 amide bonds. The van der Waals surface area contributed by atoms with Gasteiger partial charge in [-0.1, -0.05) is 82.8 Å². The summed E-state index contributed by atoms with van der Waals surface area (Å²) in [5.41, 5.74) is 4.83. The smallest absolute Gasteiger partial charge is 0.235 e. The molecule has 1 aliphatic heterocycles. The van der Waals surface area contributed by atoms with Crippen LogP contribution in [-0.4, -0.2) is 25.1 Å². The lowest BCUT2D eigenvalue weighted by Crippen LogP contribution is -2.38. The summed E-state index contributed by atoms with van der Waals surface area (Å²) in [6.07, 6.45) is 13.2. The van der Waals surface area contributed by atoms with E-state index < -0.39 is 0 Å². The number of rotatable bonds is 10. The second-order valence-electron chi connectivity index (χ2n) is 13.5. The van der Waals surface area contributed by atoms with E-state index in [-0.39, 0.29) is 47.3 Å². The van der Waals surface area contributed by atoms with Gasteiger partial charge in [0.15, 0.2) is 0 Å². The van der Waals surface area contributed by atoms with Crippen molar-refractivity contribution in [1.82, 2.24) is 0 Å². The summed E-state index contributed by atoms with van der Waals surface area (Å²) in [4.78, 5) is 42.0. The molecule has 5 heteroatoms. The van der Waals surface area contributed by atoms with Crippen LogP contribution >= 0.6 is 0 Å². The SMILES string of the molecule is C=CC1CC(C)C(C(=O)N(C)c2ccc(Cc3ccc(N4C(=C)C5C(C=C)CC(C)C5C4=O)cc3)cc2)C1C=O.C=CCC.C=CCC. The van der Waals surface area contributed by atoms with Crippen LogP contribution in [0.3, 0.4) is 0 Å². The molecule has 0 N–H and O–H groups in total. The minimum Gasteiger partial charge on any atom is -0.315 e. The molecule has 256 valence electrons. The Morgan fingerprint density at radius 2 is 1.33 bits per heavy atom. The highest BCUT2D eigenvalue weighted by Crippen LogP contribution is 2.52. The first kappa shape index (κ1) is 38.2. The summed E-state index contributed by atoms with van der Waals surface area (Å²) in [6, 6.07) is 16.2. The molecule has 0 bridgehead atoms. The summed E-state index contributed by atoms with van der Waals surface area (Å²) in [6.45, 7) is 27.5. The molecule has 48 heavy (non-hydrogen) atoms. The van der Waals surface area contributed by atoms with Gasteiger partial charge in [0.25, 0.3) is 0 Å². The van der Waals surface area contributed by atoms with Crippen LogP contribution in [0.4, 0.5) is 11.4 Å². The van der Waals surface area contributed by atoms with Crippen molar-refractivity contribution in [3.63, 3.8) is 0 Å². The van der Waals surface area contributed by atoms with Gasteiger partial charge in [-0.05, 0) is 91.2 Å². The molecule has 1 heterocycles. The standard InChI is InChI=1S/C35H40N2O3.2C4H8/c1-7-26-17-21(3)31(30(26)20-38)34(39)36(6)28-13-9-24(10-14-28)19-25-11-15-29(16-12-25)37-23(5)33-27(8-2)18-22(4)32(33)35(37)40;2*1-3-4-2/h7-16,20-22,26-27,30-33H,1-2,5,17-19H2,3-4,6H3;2*3H,1,4H2,2H3. The van der Waals surface area contributed by atoms with E-state index in [4.69, 9.17) is 0 Å². The van der Waals surface area contributed by atoms with E-state index in [9.17, 15) is 14.4 Å². The Kier molecular flexibility index (Phi) is 14.1. The van der Waals surface area contributed by atoms with Gasteiger partial charge in [-0.25, -0.2) is 0 Å². The summed E-state index contributed by atoms with van der Waals surface area (Å²) in [7, 11) is 1.78. The minimum atomic E-state index is -0.326. The van der Waals surface area contributed by atoms with Gasteiger partial charge in [-0.3, -0.25) is 14.5 Å². The molecule has 5 nitrogen and oxygen atoms in total. The van der Waals surface area contributed by atoms with Gasteiger partial charge >= 0.3 is 0 Å². The number of nitrogens with zero attached hydrogens (tertiary/aromatic N) is 2. The highest BCUT2D eigenvalue weighted by atomic mass is 16.2. The van der Waals surface area contributed by atoms with Crippen molar-refractivity contribution in [2.24, 2.45) is 47.3 Å². The molecule has 2 aromatic rings. The zero-order valence-electron chi connectivity index (χ0n) is 29.8. The van der Waals surface area contributed by atoms with Gasteiger partial charge in [-0.15, -0.1) is 26.3 Å². The summed E-state index contributed by atoms with van der Waals surface area (Å²) in [5.74, 6) is 0.444. The maximum atomic E-state index is 13.4. The molecule has 1 saturated heterocycles. The lowest BCUT2D eigenvalue weighted by Gasteiger charge is -2.26. The van der Waals surface area contributed by atoms with Crippen LogP contribution in [0.5, 0.6) is 0 Å². The molecule has 5 rings (SSSR count). The average molecular weight is 649 g/mol. The normalized spacial score (nSPS) is 27.1. The molecule has 3 aliphatic rings. The van der Waals surface area contributed by atoms with E-state index in [1.54, 1.807) is 11.9 Å². The van der Waals surface area contributed by atoms with Crippen LogP contribution in [0.25, 0.3) is 0 Å². The van der Waals surface area contributed by atoms with Crippen molar-refractivity contribution >= 4 is 29.5 Å². The molecule has 2 aromatic carbocycles. The van der Waals surface area contributed by atoms with Crippen molar-refractivity contribution in [2.45, 2.75) is 59.8 Å². The maximum Gasteiger partial charge on any atom is 0.235 e. The van der Waals surface area contributed by atoms with E-state index in [0.717, 1.165) is 66.6 Å². The first-order chi connectivity index (χ1) is 23.0. The monoisotopic (exact) mass is 648 g/mol. The molecular weight excluding hydrogens is 592 g/mol. The molecular formula is C43H56N2O3. The number of benzene rings is 2. The zero-order valence-corrected chi connectivity index (χ0v) is 29.8. The predicted molar refractivity (Wildman–Crippen MR) is 202 cm³/mol. The first-order valence-corrected chi connectivity index (χ1v) is 17.4. The minimum absolute atomic E-state index is 0.0108. The topological polar surface area (TPSA) is 57.7 Å². The molecule has 0 spiro atoms. The van der Waals surface area contributed by atoms with Crippen LogP contribution in [0.1, 0.15) is 64.5 Å². The molecule has 2 saturated carbocycles. The number of carbonyl (C=O) groups is 3. The lowest BCUT2D eigenvalue weighted by atomic mass is 9.87. The van der Waals surface area contributed by atoms with E-state index in [0.29, 0.717) is 11.8 Å². The zero-order chi connectivity index (χ0) is 35.5. The van der Waals surface area contributed by atoms with Gasteiger partial charge in [0.05, 0.1) is 11.8 Å². The Balaban J connectivity index is 0.000000705. The lowest BCUT2D eigenvalue weighted by molar-refractivity contribution is -0.127. The fourth-order valence-corrected chi connectivity index (χ4v) is 7.58. The van der Waals surface area contributed by atoms with Gasteiger partial charge in [0, 0.05) is 36.0 Å². The van der Waals surface area contributed by atoms with Gasteiger partial charge < -0.3 is 9.69 Å². The van der Waals surface area contributed by atoms with Crippen LogP contribution in [0, 0.1) is 47.3 Å². The maximum absolute atomic E-state index is 13.4. The third-order valence-corrected chi connectivity index (χ3v) is 10.3. The van der Waals surface area contributed by atoms with E-state index in [1.165, 1.54) is 0 Å². The highest BCUT2D eigenvalue weighted by Gasteiger charge is 2.53. The molecule has 0 radical (unpaired) electrons. The van der Waals surface area contributed by atoms with Crippen molar-refractivity contribution in [1.29, 1.82) is 0 Å². The quantitative estimate of drug-likeness (QED) is 0.190. The largest absolute Gasteiger partial charge is 0.315 e. The Labute approximate surface area is 289 Å². The second-order valence-corrected chi connectivity index (χ2v) is 13.5. The van der Waals surface area contributed by atoms with Crippen LogP contribution in [0.2, 0.25) is 0 Å². The molecule has 8 atom stereocenters.